The van der Waals surface area contributed by atoms with Gasteiger partial charge in [-0.3, -0.25) is 9.69 Å². The Bertz CT molecular complexity index is 646. The maximum atomic E-state index is 12.3. The largest absolute Gasteiger partial charge is 0.393 e. The van der Waals surface area contributed by atoms with Crippen molar-refractivity contribution in [2.75, 3.05) is 26.7 Å². The summed E-state index contributed by atoms with van der Waals surface area (Å²) < 4.78 is 1.96. The fraction of sp³-hybridized carbons (Fsp3) is 0.444. The Morgan fingerprint density at radius 2 is 2.00 bits per heavy atom. The molecule has 2 aromatic rings. The van der Waals surface area contributed by atoms with Gasteiger partial charge in [0.05, 0.1) is 19.0 Å². The molecule has 0 spiro atoms. The summed E-state index contributed by atoms with van der Waals surface area (Å²) in [4.78, 5) is 20.2. The number of rotatable bonds is 5. The molecule has 1 amide bonds. The van der Waals surface area contributed by atoms with Gasteiger partial charge in [-0.1, -0.05) is 12.1 Å². The number of carbonyl (C=O) groups is 1. The zero-order valence-corrected chi connectivity index (χ0v) is 14.0. The van der Waals surface area contributed by atoms with Crippen molar-refractivity contribution >= 4 is 5.91 Å². The number of likely N-dealkylation sites (tertiary alicyclic amines) is 1. The fourth-order valence-electron chi connectivity index (χ4n) is 3.00. The molecular weight excluding hydrogens is 304 g/mol. The number of aliphatic hydroxyl groups excluding tert-OH is 1. The van der Waals surface area contributed by atoms with Crippen LogP contribution >= 0.6 is 0 Å². The zero-order chi connectivity index (χ0) is 16.9. The van der Waals surface area contributed by atoms with Crippen molar-refractivity contribution in [2.24, 2.45) is 0 Å². The minimum absolute atomic E-state index is 0.138. The van der Waals surface area contributed by atoms with E-state index in [1.54, 1.807) is 12.5 Å². The van der Waals surface area contributed by atoms with Gasteiger partial charge in [0.15, 0.2) is 0 Å². The highest BCUT2D eigenvalue weighted by molar-refractivity contribution is 5.78. The Kier molecular flexibility index (Phi) is 5.27. The van der Waals surface area contributed by atoms with Crippen LogP contribution in [-0.4, -0.2) is 63.2 Å². The molecule has 1 aliphatic heterocycles. The number of amides is 1. The third-order valence-corrected chi connectivity index (χ3v) is 4.41. The molecule has 1 aromatic heterocycles. The topological polar surface area (TPSA) is 61.6 Å². The van der Waals surface area contributed by atoms with Crippen molar-refractivity contribution in [3.05, 3.63) is 48.5 Å². The second kappa shape index (κ2) is 7.59. The standard InChI is InChI=1S/C18H24N4O2/c1-20(13-18(24)21-9-6-17(23)7-10-21)12-15-2-4-16(5-3-15)22-11-8-19-14-22/h2-5,8,11,14,17,23H,6-7,9-10,12-13H2,1H3. The maximum absolute atomic E-state index is 12.3. The number of piperidine rings is 1. The summed E-state index contributed by atoms with van der Waals surface area (Å²) in [6.45, 7) is 2.45. The number of benzene rings is 1. The molecule has 1 N–H and O–H groups in total. The van der Waals surface area contributed by atoms with E-state index in [9.17, 15) is 9.90 Å². The van der Waals surface area contributed by atoms with E-state index in [4.69, 9.17) is 0 Å². The first-order chi connectivity index (χ1) is 11.6. The average Bonchev–Trinajstić information content (AvgIpc) is 3.10. The third-order valence-electron chi connectivity index (χ3n) is 4.41. The number of likely N-dealkylation sites (N-methyl/N-ethyl adjacent to an activating group) is 1. The first-order valence-corrected chi connectivity index (χ1v) is 8.33. The van der Waals surface area contributed by atoms with Crippen LogP contribution in [0.3, 0.4) is 0 Å². The molecular formula is C18H24N4O2. The highest BCUT2D eigenvalue weighted by atomic mass is 16.3. The van der Waals surface area contributed by atoms with Gasteiger partial charge in [0.2, 0.25) is 5.91 Å². The Labute approximate surface area is 142 Å². The summed E-state index contributed by atoms with van der Waals surface area (Å²) in [5.74, 6) is 0.138. The van der Waals surface area contributed by atoms with Crippen LogP contribution in [0.4, 0.5) is 0 Å². The normalized spacial score (nSPS) is 15.9. The van der Waals surface area contributed by atoms with Gasteiger partial charge in [-0.05, 0) is 37.6 Å². The van der Waals surface area contributed by atoms with Crippen molar-refractivity contribution in [1.82, 2.24) is 19.4 Å². The van der Waals surface area contributed by atoms with Crippen LogP contribution in [0.5, 0.6) is 0 Å². The van der Waals surface area contributed by atoms with Crippen molar-refractivity contribution < 1.29 is 9.90 Å². The van der Waals surface area contributed by atoms with Gasteiger partial charge >= 0.3 is 0 Å². The van der Waals surface area contributed by atoms with Crippen LogP contribution in [0.1, 0.15) is 18.4 Å². The predicted molar refractivity (Wildman–Crippen MR) is 91.7 cm³/mol. The molecule has 0 saturated carbocycles. The van der Waals surface area contributed by atoms with Crippen LogP contribution in [0, 0.1) is 0 Å². The third kappa shape index (κ3) is 4.21. The van der Waals surface area contributed by atoms with E-state index in [0.29, 0.717) is 32.5 Å². The second-order valence-corrected chi connectivity index (χ2v) is 6.42. The van der Waals surface area contributed by atoms with Crippen LogP contribution in [0.25, 0.3) is 5.69 Å². The van der Waals surface area contributed by atoms with Gasteiger partial charge in [0.25, 0.3) is 0 Å². The molecule has 0 atom stereocenters. The van der Waals surface area contributed by atoms with E-state index in [-0.39, 0.29) is 12.0 Å². The number of aromatic nitrogens is 2. The van der Waals surface area contributed by atoms with Crippen molar-refractivity contribution in [3.8, 4) is 5.69 Å². The first kappa shape index (κ1) is 16.7. The van der Waals surface area contributed by atoms with Crippen LogP contribution in [0.15, 0.2) is 43.0 Å². The summed E-state index contributed by atoms with van der Waals surface area (Å²) >= 11 is 0. The summed E-state index contributed by atoms with van der Waals surface area (Å²) in [6.07, 6.45) is 6.56. The summed E-state index contributed by atoms with van der Waals surface area (Å²) in [7, 11) is 1.96. The minimum atomic E-state index is -0.249. The molecule has 3 rings (SSSR count). The average molecular weight is 328 g/mol. The molecule has 24 heavy (non-hydrogen) atoms. The van der Waals surface area contributed by atoms with Crippen LogP contribution in [0.2, 0.25) is 0 Å². The zero-order valence-electron chi connectivity index (χ0n) is 14.0. The lowest BCUT2D eigenvalue weighted by Crippen LogP contribution is -2.44. The molecule has 128 valence electrons. The van der Waals surface area contributed by atoms with Gasteiger partial charge in [-0.15, -0.1) is 0 Å². The molecule has 0 radical (unpaired) electrons. The van der Waals surface area contributed by atoms with Gasteiger partial charge < -0.3 is 14.6 Å². The molecule has 1 saturated heterocycles. The Hall–Kier alpha value is -2.18. The monoisotopic (exact) mass is 328 g/mol. The molecule has 0 unspecified atom stereocenters. The van der Waals surface area contributed by atoms with E-state index in [1.165, 1.54) is 5.56 Å². The van der Waals surface area contributed by atoms with Crippen LogP contribution < -0.4 is 0 Å². The van der Waals surface area contributed by atoms with E-state index in [2.05, 4.69) is 29.2 Å². The lowest BCUT2D eigenvalue weighted by atomic mass is 10.1. The SMILES string of the molecule is CN(CC(=O)N1CCC(O)CC1)Cc1ccc(-n2ccnc2)cc1. The molecule has 6 heteroatoms. The van der Waals surface area contributed by atoms with Gasteiger partial charge in [0, 0.05) is 37.7 Å². The quantitative estimate of drug-likeness (QED) is 0.898. The van der Waals surface area contributed by atoms with Gasteiger partial charge in [-0.25, -0.2) is 4.98 Å². The molecule has 1 aliphatic rings. The number of hydrogen-bond acceptors (Lipinski definition) is 4. The lowest BCUT2D eigenvalue weighted by molar-refractivity contribution is -0.134. The van der Waals surface area contributed by atoms with Gasteiger partial charge in [0.1, 0.15) is 0 Å². The maximum Gasteiger partial charge on any atom is 0.236 e. The van der Waals surface area contributed by atoms with Crippen molar-refractivity contribution in [2.45, 2.75) is 25.5 Å². The molecule has 1 aromatic carbocycles. The Morgan fingerprint density at radius 3 is 2.62 bits per heavy atom. The smallest absolute Gasteiger partial charge is 0.236 e. The Balaban J connectivity index is 1.51. The number of hydrogen-bond donors (Lipinski definition) is 1. The van der Waals surface area contributed by atoms with E-state index < -0.39 is 0 Å². The second-order valence-electron chi connectivity index (χ2n) is 6.42. The minimum Gasteiger partial charge on any atom is -0.393 e. The summed E-state index contributed by atoms with van der Waals surface area (Å²) in [5.41, 5.74) is 2.24. The summed E-state index contributed by atoms with van der Waals surface area (Å²) in [6, 6.07) is 8.26. The lowest BCUT2D eigenvalue weighted by Gasteiger charge is -2.31. The van der Waals surface area contributed by atoms with Crippen molar-refractivity contribution in [1.29, 1.82) is 0 Å². The predicted octanol–water partition coefficient (Wildman–Crippen LogP) is 1.29. The number of imidazole rings is 1. The fourth-order valence-corrected chi connectivity index (χ4v) is 3.00. The molecule has 1 fully saturated rings. The highest BCUT2D eigenvalue weighted by Gasteiger charge is 2.21. The Morgan fingerprint density at radius 1 is 1.29 bits per heavy atom. The first-order valence-electron chi connectivity index (χ1n) is 8.33. The van der Waals surface area contributed by atoms with E-state index in [0.717, 1.165) is 12.2 Å². The number of nitrogens with zero attached hydrogens (tertiary/aromatic N) is 4. The van der Waals surface area contributed by atoms with Crippen molar-refractivity contribution in [3.63, 3.8) is 0 Å². The number of aliphatic hydroxyl groups is 1. The van der Waals surface area contributed by atoms with E-state index in [1.807, 2.05) is 27.6 Å². The molecule has 6 nitrogen and oxygen atoms in total. The number of carbonyl (C=O) groups excluding carboxylic acids is 1. The molecule has 0 aliphatic carbocycles. The van der Waals surface area contributed by atoms with Gasteiger partial charge in [-0.2, -0.15) is 0 Å². The van der Waals surface area contributed by atoms with Crippen LogP contribution in [-0.2, 0) is 11.3 Å². The molecule has 2 heterocycles. The highest BCUT2D eigenvalue weighted by Crippen LogP contribution is 2.12. The van der Waals surface area contributed by atoms with E-state index >= 15 is 0 Å². The molecule has 0 bridgehead atoms. The summed E-state index contributed by atoms with van der Waals surface area (Å²) in [5, 5.41) is 9.52.